The average Bonchev–Trinajstić information content (AvgIpc) is 2.75. The molecular formula is C22H20N4O4. The number of hydrogen-bond acceptors (Lipinski definition) is 5. The first-order chi connectivity index (χ1) is 14.5. The van der Waals surface area contributed by atoms with Crippen molar-refractivity contribution in [3.8, 4) is 5.75 Å². The Morgan fingerprint density at radius 3 is 2.57 bits per heavy atom. The van der Waals surface area contributed by atoms with Crippen molar-refractivity contribution in [2.45, 2.75) is 13.5 Å². The maximum Gasteiger partial charge on any atom is 0.339 e. The Bertz CT molecular complexity index is 1070. The number of aryl methyl sites for hydroxylation is 1. The molecule has 0 heterocycles. The van der Waals surface area contributed by atoms with Crippen LogP contribution >= 0.6 is 0 Å². The standard InChI is InChI=1S/C22H20N4O4/c1-16-7-5-6-10-19(16)24-22(27)25-23-14-18-11-12-21(20(13-18)26(28)29)30-15-17-8-3-2-4-9-17/h2-14H,15H2,1H3,(H2,24,25,27). The number of nitro groups is 1. The van der Waals surface area contributed by atoms with E-state index in [2.05, 4.69) is 15.8 Å². The minimum Gasteiger partial charge on any atom is -0.482 e. The van der Waals surface area contributed by atoms with E-state index in [9.17, 15) is 14.9 Å². The van der Waals surface area contributed by atoms with Gasteiger partial charge < -0.3 is 10.1 Å². The van der Waals surface area contributed by atoms with Gasteiger partial charge in [0.15, 0.2) is 5.75 Å². The number of nitro benzene ring substituents is 1. The molecule has 3 aromatic carbocycles. The lowest BCUT2D eigenvalue weighted by Gasteiger charge is -2.08. The summed E-state index contributed by atoms with van der Waals surface area (Å²) in [4.78, 5) is 22.8. The van der Waals surface area contributed by atoms with Crippen LogP contribution in [0.1, 0.15) is 16.7 Å². The number of rotatable bonds is 7. The van der Waals surface area contributed by atoms with Gasteiger partial charge in [-0.2, -0.15) is 5.10 Å². The van der Waals surface area contributed by atoms with Gasteiger partial charge in [0.05, 0.1) is 11.1 Å². The summed E-state index contributed by atoms with van der Waals surface area (Å²) < 4.78 is 5.59. The van der Waals surface area contributed by atoms with Gasteiger partial charge in [0.2, 0.25) is 0 Å². The number of carbonyl (C=O) groups is 1. The summed E-state index contributed by atoms with van der Waals surface area (Å²) in [5.74, 6) is 0.159. The summed E-state index contributed by atoms with van der Waals surface area (Å²) in [7, 11) is 0. The minimum absolute atomic E-state index is 0.159. The quantitative estimate of drug-likeness (QED) is 0.340. The van der Waals surface area contributed by atoms with Crippen molar-refractivity contribution in [1.29, 1.82) is 0 Å². The van der Waals surface area contributed by atoms with Crippen LogP contribution in [0.25, 0.3) is 0 Å². The van der Waals surface area contributed by atoms with Gasteiger partial charge in [-0.1, -0.05) is 48.5 Å². The van der Waals surface area contributed by atoms with Crippen molar-refractivity contribution in [2.75, 3.05) is 5.32 Å². The number of ether oxygens (including phenoxy) is 1. The van der Waals surface area contributed by atoms with E-state index in [0.717, 1.165) is 11.1 Å². The normalized spacial score (nSPS) is 10.6. The van der Waals surface area contributed by atoms with E-state index in [0.29, 0.717) is 11.3 Å². The van der Waals surface area contributed by atoms with E-state index >= 15 is 0 Å². The van der Waals surface area contributed by atoms with Gasteiger partial charge in [0.25, 0.3) is 0 Å². The molecule has 0 bridgehead atoms. The van der Waals surface area contributed by atoms with Crippen LogP contribution in [-0.2, 0) is 6.61 Å². The molecule has 8 heteroatoms. The van der Waals surface area contributed by atoms with Gasteiger partial charge in [-0.3, -0.25) is 10.1 Å². The number of carbonyl (C=O) groups excluding carboxylic acids is 1. The van der Waals surface area contributed by atoms with E-state index in [4.69, 9.17) is 4.74 Å². The monoisotopic (exact) mass is 404 g/mol. The maximum atomic E-state index is 11.9. The van der Waals surface area contributed by atoms with Crippen molar-refractivity contribution >= 4 is 23.6 Å². The van der Waals surface area contributed by atoms with Crippen LogP contribution in [0.4, 0.5) is 16.2 Å². The zero-order chi connectivity index (χ0) is 21.3. The van der Waals surface area contributed by atoms with Crippen LogP contribution in [0, 0.1) is 17.0 Å². The zero-order valence-electron chi connectivity index (χ0n) is 16.2. The highest BCUT2D eigenvalue weighted by atomic mass is 16.6. The second-order valence-electron chi connectivity index (χ2n) is 6.40. The van der Waals surface area contributed by atoms with Crippen LogP contribution in [0.15, 0.2) is 77.9 Å². The molecule has 3 rings (SSSR count). The molecule has 0 fully saturated rings. The third kappa shape index (κ3) is 5.65. The predicted molar refractivity (Wildman–Crippen MR) is 115 cm³/mol. The van der Waals surface area contributed by atoms with Crippen molar-refractivity contribution < 1.29 is 14.5 Å². The molecule has 2 amide bonds. The van der Waals surface area contributed by atoms with E-state index in [1.807, 2.05) is 55.5 Å². The van der Waals surface area contributed by atoms with E-state index in [1.165, 1.54) is 18.3 Å². The van der Waals surface area contributed by atoms with E-state index in [-0.39, 0.29) is 18.0 Å². The smallest absolute Gasteiger partial charge is 0.339 e. The summed E-state index contributed by atoms with van der Waals surface area (Å²) in [6, 6.07) is 20.7. The fourth-order valence-corrected chi connectivity index (χ4v) is 2.64. The molecule has 152 valence electrons. The first-order valence-electron chi connectivity index (χ1n) is 9.14. The molecule has 0 atom stereocenters. The Morgan fingerprint density at radius 1 is 1.10 bits per heavy atom. The highest BCUT2D eigenvalue weighted by Crippen LogP contribution is 2.28. The number of hydrazone groups is 1. The average molecular weight is 404 g/mol. The summed E-state index contributed by atoms with van der Waals surface area (Å²) in [5.41, 5.74) is 5.09. The summed E-state index contributed by atoms with van der Waals surface area (Å²) in [6.07, 6.45) is 1.32. The lowest BCUT2D eigenvalue weighted by atomic mass is 10.2. The Morgan fingerprint density at radius 2 is 1.83 bits per heavy atom. The lowest BCUT2D eigenvalue weighted by molar-refractivity contribution is -0.385. The van der Waals surface area contributed by atoms with Gasteiger partial charge in [0.1, 0.15) is 6.61 Å². The van der Waals surface area contributed by atoms with Crippen molar-refractivity contribution in [1.82, 2.24) is 5.43 Å². The van der Waals surface area contributed by atoms with Crippen LogP contribution in [0.5, 0.6) is 5.75 Å². The molecule has 2 N–H and O–H groups in total. The minimum atomic E-state index is -0.518. The van der Waals surface area contributed by atoms with E-state index in [1.54, 1.807) is 12.1 Å². The molecule has 0 aliphatic heterocycles. The first kappa shape index (κ1) is 20.5. The molecule has 0 aliphatic carbocycles. The predicted octanol–water partition coefficient (Wildman–Crippen LogP) is 4.64. The fourth-order valence-electron chi connectivity index (χ4n) is 2.64. The third-order valence-electron chi connectivity index (χ3n) is 4.19. The Hall–Kier alpha value is -4.20. The zero-order valence-corrected chi connectivity index (χ0v) is 16.2. The maximum absolute atomic E-state index is 11.9. The molecule has 3 aromatic rings. The molecule has 0 aliphatic rings. The molecule has 0 aromatic heterocycles. The van der Waals surface area contributed by atoms with Crippen LogP contribution < -0.4 is 15.5 Å². The van der Waals surface area contributed by atoms with Crippen molar-refractivity contribution in [3.63, 3.8) is 0 Å². The third-order valence-corrected chi connectivity index (χ3v) is 4.19. The summed E-state index contributed by atoms with van der Waals surface area (Å²) in [5, 5.41) is 17.9. The lowest BCUT2D eigenvalue weighted by Crippen LogP contribution is -2.24. The second-order valence-corrected chi connectivity index (χ2v) is 6.40. The van der Waals surface area contributed by atoms with Gasteiger partial charge >= 0.3 is 11.7 Å². The highest BCUT2D eigenvalue weighted by molar-refractivity contribution is 5.91. The van der Waals surface area contributed by atoms with Gasteiger partial charge in [0, 0.05) is 17.3 Å². The topological polar surface area (TPSA) is 106 Å². The number of nitrogens with zero attached hydrogens (tertiary/aromatic N) is 2. The molecular weight excluding hydrogens is 384 g/mol. The molecule has 0 spiro atoms. The summed E-state index contributed by atoms with van der Waals surface area (Å²) in [6.45, 7) is 2.09. The fraction of sp³-hybridized carbons (Fsp3) is 0.0909. The second kappa shape index (κ2) is 9.83. The number of para-hydroxylation sites is 1. The van der Waals surface area contributed by atoms with Crippen LogP contribution in [0.3, 0.4) is 0 Å². The molecule has 0 radical (unpaired) electrons. The van der Waals surface area contributed by atoms with Crippen molar-refractivity contribution in [2.24, 2.45) is 5.10 Å². The summed E-state index contributed by atoms with van der Waals surface area (Å²) >= 11 is 0. The Kier molecular flexibility index (Phi) is 6.73. The number of urea groups is 1. The Balaban J connectivity index is 1.63. The Labute approximate surface area is 173 Å². The molecule has 30 heavy (non-hydrogen) atoms. The number of hydrogen-bond donors (Lipinski definition) is 2. The van der Waals surface area contributed by atoms with Gasteiger partial charge in [-0.05, 0) is 36.2 Å². The van der Waals surface area contributed by atoms with Crippen LogP contribution in [-0.4, -0.2) is 17.2 Å². The molecule has 0 unspecified atom stereocenters. The molecule has 8 nitrogen and oxygen atoms in total. The number of anilines is 1. The van der Waals surface area contributed by atoms with Gasteiger partial charge in [-0.25, -0.2) is 10.2 Å². The number of nitrogens with one attached hydrogen (secondary N) is 2. The van der Waals surface area contributed by atoms with E-state index < -0.39 is 11.0 Å². The first-order valence-corrected chi connectivity index (χ1v) is 9.14. The highest BCUT2D eigenvalue weighted by Gasteiger charge is 2.16. The SMILES string of the molecule is Cc1ccccc1NC(=O)NN=Cc1ccc(OCc2ccccc2)c([N+](=O)[O-])c1. The number of amides is 2. The molecule has 0 saturated heterocycles. The van der Waals surface area contributed by atoms with Crippen LogP contribution in [0.2, 0.25) is 0 Å². The van der Waals surface area contributed by atoms with Crippen molar-refractivity contribution in [3.05, 3.63) is 99.6 Å². The number of benzene rings is 3. The van der Waals surface area contributed by atoms with Gasteiger partial charge in [-0.15, -0.1) is 0 Å². The molecule has 0 saturated carbocycles. The largest absolute Gasteiger partial charge is 0.482 e.